The van der Waals surface area contributed by atoms with Gasteiger partial charge in [0.05, 0.1) is 0 Å². The third kappa shape index (κ3) is 4.83. The Hall–Kier alpha value is -1.68. The van der Waals surface area contributed by atoms with Gasteiger partial charge in [-0.3, -0.25) is 4.85 Å². The smallest absolute Gasteiger partial charge is 0.297 e. The summed E-state index contributed by atoms with van der Waals surface area (Å²) in [6.45, 7) is 8.85. The molecule has 0 saturated heterocycles. The number of hydrogen-bond acceptors (Lipinski definition) is 5. The van der Waals surface area contributed by atoms with Gasteiger partial charge >= 0.3 is 6.04 Å². The summed E-state index contributed by atoms with van der Waals surface area (Å²) in [6.07, 6.45) is 2.21. The maximum Gasteiger partial charge on any atom is 0.308 e. The first-order chi connectivity index (χ1) is 9.24. The standard InChI is InChI=1S/C13H12N4S2/c1-3-18-13-6-11(9-17-12(13)8-15)19-5-4-10(7-14)16-2/h6,9-10H,3-5H2,1H3. The minimum absolute atomic E-state index is 0.451. The normalized spacial score (nSPS) is 11.1. The predicted octanol–water partition coefficient (Wildman–Crippen LogP) is 3.36. The zero-order valence-corrected chi connectivity index (χ0v) is 12.1. The van der Waals surface area contributed by atoms with Crippen LogP contribution in [0.25, 0.3) is 4.85 Å². The van der Waals surface area contributed by atoms with Gasteiger partial charge in [0.1, 0.15) is 6.07 Å². The van der Waals surface area contributed by atoms with Gasteiger partial charge in [-0.05, 0) is 11.8 Å². The first-order valence-electron chi connectivity index (χ1n) is 5.67. The van der Waals surface area contributed by atoms with Crippen LogP contribution < -0.4 is 0 Å². The molecule has 0 saturated carbocycles. The second-order valence-electron chi connectivity index (χ2n) is 3.47. The third-order valence-corrected chi connectivity index (χ3v) is 4.11. The topological polar surface area (TPSA) is 64.8 Å². The highest BCUT2D eigenvalue weighted by Crippen LogP contribution is 2.27. The molecule has 1 rings (SSSR count). The van der Waals surface area contributed by atoms with Crippen molar-refractivity contribution in [3.63, 3.8) is 0 Å². The largest absolute Gasteiger partial charge is 0.308 e. The molecule has 0 radical (unpaired) electrons. The zero-order valence-electron chi connectivity index (χ0n) is 10.5. The molecule has 1 aromatic rings. The van der Waals surface area contributed by atoms with Crippen LogP contribution in [0.1, 0.15) is 19.0 Å². The predicted molar refractivity (Wildman–Crippen MR) is 76.7 cm³/mol. The highest BCUT2D eigenvalue weighted by Gasteiger charge is 2.11. The van der Waals surface area contributed by atoms with Crippen molar-refractivity contribution in [1.29, 1.82) is 10.5 Å². The lowest BCUT2D eigenvalue weighted by Crippen LogP contribution is -1.99. The Labute approximate surface area is 121 Å². The molecule has 0 aromatic carbocycles. The summed E-state index contributed by atoms with van der Waals surface area (Å²) in [6, 6.07) is 5.42. The van der Waals surface area contributed by atoms with Crippen molar-refractivity contribution in [3.05, 3.63) is 29.4 Å². The average molecular weight is 288 g/mol. The number of nitrogens with zero attached hydrogens (tertiary/aromatic N) is 4. The van der Waals surface area contributed by atoms with Crippen molar-refractivity contribution in [3.8, 4) is 12.1 Å². The van der Waals surface area contributed by atoms with Crippen molar-refractivity contribution in [2.24, 2.45) is 0 Å². The van der Waals surface area contributed by atoms with Crippen LogP contribution in [0.15, 0.2) is 22.1 Å². The minimum atomic E-state index is -0.566. The quantitative estimate of drug-likeness (QED) is 0.593. The van der Waals surface area contributed by atoms with E-state index in [1.165, 1.54) is 0 Å². The van der Waals surface area contributed by atoms with Crippen LogP contribution in [0.4, 0.5) is 0 Å². The first kappa shape index (κ1) is 15.4. The summed E-state index contributed by atoms with van der Waals surface area (Å²) < 4.78 is 0. The van der Waals surface area contributed by atoms with E-state index in [1.54, 1.807) is 29.7 Å². The third-order valence-electron chi connectivity index (χ3n) is 2.20. The SMILES string of the molecule is [C-]#[N+]C(C#N)CCSc1cnc(C#N)c(SCC)c1. The van der Waals surface area contributed by atoms with Gasteiger partial charge < -0.3 is 0 Å². The van der Waals surface area contributed by atoms with E-state index in [4.69, 9.17) is 17.1 Å². The molecule has 0 spiro atoms. The number of pyridine rings is 1. The molecule has 0 aliphatic heterocycles. The molecule has 0 aliphatic carbocycles. The van der Waals surface area contributed by atoms with Crippen LogP contribution >= 0.6 is 23.5 Å². The lowest BCUT2D eigenvalue weighted by Gasteiger charge is -2.05. The molecular weight excluding hydrogens is 276 g/mol. The molecule has 4 nitrogen and oxygen atoms in total. The Balaban J connectivity index is 2.66. The van der Waals surface area contributed by atoms with Gasteiger partial charge in [-0.25, -0.2) is 11.6 Å². The van der Waals surface area contributed by atoms with Crippen molar-refractivity contribution in [1.82, 2.24) is 4.98 Å². The summed E-state index contributed by atoms with van der Waals surface area (Å²) in [7, 11) is 0. The van der Waals surface area contributed by atoms with E-state index < -0.39 is 6.04 Å². The van der Waals surface area contributed by atoms with Crippen molar-refractivity contribution in [2.45, 2.75) is 29.2 Å². The van der Waals surface area contributed by atoms with Gasteiger partial charge in [0, 0.05) is 28.2 Å². The summed E-state index contributed by atoms with van der Waals surface area (Å²) in [5.41, 5.74) is 0.451. The lowest BCUT2D eigenvalue weighted by molar-refractivity contribution is 0.908. The number of thioether (sulfide) groups is 2. The number of rotatable bonds is 6. The van der Waals surface area contributed by atoms with E-state index in [0.29, 0.717) is 17.9 Å². The van der Waals surface area contributed by atoms with Gasteiger partial charge in [-0.1, -0.05) is 6.92 Å². The molecule has 6 heteroatoms. The van der Waals surface area contributed by atoms with E-state index in [-0.39, 0.29) is 0 Å². The summed E-state index contributed by atoms with van der Waals surface area (Å²) in [5, 5.41) is 17.6. The Morgan fingerprint density at radius 1 is 1.47 bits per heavy atom. The fourth-order valence-corrected chi connectivity index (χ4v) is 3.04. The van der Waals surface area contributed by atoms with Crippen LogP contribution in [-0.2, 0) is 0 Å². The second-order valence-corrected chi connectivity index (χ2v) is 5.95. The Morgan fingerprint density at radius 2 is 2.26 bits per heavy atom. The molecule has 1 heterocycles. The zero-order chi connectivity index (χ0) is 14.1. The molecule has 96 valence electrons. The lowest BCUT2D eigenvalue weighted by atomic mass is 10.3. The van der Waals surface area contributed by atoms with Gasteiger partial charge in [-0.15, -0.1) is 23.5 Å². The van der Waals surface area contributed by atoms with Crippen LogP contribution in [0.5, 0.6) is 0 Å². The average Bonchev–Trinajstić information content (AvgIpc) is 2.44. The number of nitriles is 2. The molecule has 1 unspecified atom stereocenters. The maximum absolute atomic E-state index is 8.95. The van der Waals surface area contributed by atoms with E-state index in [9.17, 15) is 0 Å². The Bertz CT molecular complexity index is 537. The van der Waals surface area contributed by atoms with Crippen molar-refractivity contribution < 1.29 is 0 Å². The number of hydrogen-bond donors (Lipinski definition) is 0. The number of aromatic nitrogens is 1. The Kier molecular flexibility index (Phi) is 6.82. The van der Waals surface area contributed by atoms with Crippen LogP contribution in [-0.4, -0.2) is 22.5 Å². The maximum atomic E-state index is 8.95. The molecule has 0 aliphatic rings. The molecule has 0 N–H and O–H groups in total. The fraction of sp³-hybridized carbons (Fsp3) is 0.385. The molecule has 1 atom stereocenters. The van der Waals surface area contributed by atoms with Gasteiger partial charge in [-0.2, -0.15) is 10.5 Å². The van der Waals surface area contributed by atoms with E-state index in [1.807, 2.05) is 19.1 Å². The Morgan fingerprint density at radius 3 is 2.84 bits per heavy atom. The van der Waals surface area contributed by atoms with E-state index in [2.05, 4.69) is 15.9 Å². The molecule has 0 fully saturated rings. The van der Waals surface area contributed by atoms with Crippen molar-refractivity contribution >= 4 is 23.5 Å². The highest BCUT2D eigenvalue weighted by atomic mass is 32.2. The van der Waals surface area contributed by atoms with Crippen LogP contribution in [0, 0.1) is 29.2 Å². The van der Waals surface area contributed by atoms with Gasteiger partial charge in [0.15, 0.2) is 11.8 Å². The second kappa shape index (κ2) is 8.43. The monoisotopic (exact) mass is 288 g/mol. The summed E-state index contributed by atoms with van der Waals surface area (Å²) in [5.74, 6) is 1.59. The van der Waals surface area contributed by atoms with Gasteiger partial charge in [0.2, 0.25) is 0 Å². The van der Waals surface area contributed by atoms with Crippen LogP contribution in [0.2, 0.25) is 0 Å². The van der Waals surface area contributed by atoms with Crippen LogP contribution in [0.3, 0.4) is 0 Å². The summed E-state index contributed by atoms with van der Waals surface area (Å²) in [4.78, 5) is 9.21. The molecule has 0 bridgehead atoms. The molecular formula is C13H12N4S2. The molecule has 0 amide bonds. The van der Waals surface area contributed by atoms with E-state index >= 15 is 0 Å². The molecule has 19 heavy (non-hydrogen) atoms. The first-order valence-corrected chi connectivity index (χ1v) is 7.64. The highest BCUT2D eigenvalue weighted by molar-refractivity contribution is 8.00. The summed E-state index contributed by atoms with van der Waals surface area (Å²) >= 11 is 3.15. The van der Waals surface area contributed by atoms with Gasteiger partial charge in [0.25, 0.3) is 0 Å². The fourth-order valence-electron chi connectivity index (χ4n) is 1.30. The van der Waals surface area contributed by atoms with Crippen molar-refractivity contribution in [2.75, 3.05) is 11.5 Å². The molecule has 1 aromatic heterocycles. The van der Waals surface area contributed by atoms with E-state index in [0.717, 1.165) is 15.5 Å². The minimum Gasteiger partial charge on any atom is -0.297 e.